The summed E-state index contributed by atoms with van der Waals surface area (Å²) in [5, 5.41) is 3.98. The zero-order valence-corrected chi connectivity index (χ0v) is 21.0. The summed E-state index contributed by atoms with van der Waals surface area (Å²) in [4.78, 5) is 34.0. The molecule has 0 saturated heterocycles. The van der Waals surface area contributed by atoms with E-state index in [9.17, 15) is 9.59 Å². The van der Waals surface area contributed by atoms with Gasteiger partial charge in [0.05, 0.1) is 35.6 Å². The number of nitrogens with one attached hydrogen (secondary N) is 1. The molecule has 0 fully saturated rings. The molecule has 1 N–H and O–H groups in total. The smallest absolute Gasteiger partial charge is 0.271 e. The van der Waals surface area contributed by atoms with Gasteiger partial charge in [-0.2, -0.15) is 0 Å². The topological polar surface area (TPSA) is 84.7 Å². The lowest BCUT2D eigenvalue weighted by molar-refractivity contribution is -0.122. The molecule has 0 spiro atoms. The lowest BCUT2D eigenvalue weighted by Gasteiger charge is -2.31. The van der Waals surface area contributed by atoms with Crippen LogP contribution < -0.4 is 15.0 Å². The minimum absolute atomic E-state index is 0.180. The molecule has 4 rings (SSSR count). The maximum atomic E-state index is 14.0. The SMILES string of the molecule is COc1ccc(N(C(=O)c2sc(C)nc2C)[C@H](C(=O)NCc2ccco2)c2ccccc2)cc1Cl. The Hall–Kier alpha value is -3.62. The second-order valence-corrected chi connectivity index (χ2v) is 9.36. The first-order chi connectivity index (χ1) is 16.9. The highest BCUT2D eigenvalue weighted by Gasteiger charge is 2.35. The average molecular weight is 510 g/mol. The Bertz CT molecular complexity index is 1320. The van der Waals surface area contributed by atoms with Crippen LogP contribution in [-0.2, 0) is 11.3 Å². The van der Waals surface area contributed by atoms with Gasteiger partial charge in [0.2, 0.25) is 5.91 Å². The van der Waals surface area contributed by atoms with Crippen molar-refractivity contribution < 1.29 is 18.7 Å². The Morgan fingerprint density at radius 3 is 2.51 bits per heavy atom. The summed E-state index contributed by atoms with van der Waals surface area (Å²) in [6.45, 7) is 3.80. The van der Waals surface area contributed by atoms with E-state index in [4.69, 9.17) is 20.8 Å². The largest absolute Gasteiger partial charge is 0.495 e. The number of methoxy groups -OCH3 is 1. The summed E-state index contributed by atoms with van der Waals surface area (Å²) in [7, 11) is 1.52. The number of ether oxygens (including phenoxy) is 1. The van der Waals surface area contributed by atoms with Crippen molar-refractivity contribution in [2.45, 2.75) is 26.4 Å². The molecule has 2 heterocycles. The predicted molar refractivity (Wildman–Crippen MR) is 136 cm³/mol. The number of rotatable bonds is 8. The molecule has 180 valence electrons. The summed E-state index contributed by atoms with van der Waals surface area (Å²) in [5.74, 6) is 0.346. The molecule has 0 aliphatic rings. The molecule has 2 aromatic carbocycles. The Morgan fingerprint density at radius 2 is 1.91 bits per heavy atom. The summed E-state index contributed by atoms with van der Waals surface area (Å²) < 4.78 is 10.6. The van der Waals surface area contributed by atoms with Gasteiger partial charge in [-0.3, -0.25) is 14.5 Å². The van der Waals surface area contributed by atoms with Gasteiger partial charge < -0.3 is 14.5 Å². The van der Waals surface area contributed by atoms with E-state index in [0.717, 1.165) is 5.01 Å². The Kier molecular flexibility index (Phi) is 7.53. The van der Waals surface area contributed by atoms with Crippen LogP contribution in [0.25, 0.3) is 0 Å². The van der Waals surface area contributed by atoms with Gasteiger partial charge in [0.25, 0.3) is 5.91 Å². The molecule has 0 saturated carbocycles. The molecule has 4 aromatic rings. The van der Waals surface area contributed by atoms with E-state index in [1.165, 1.54) is 23.3 Å². The monoisotopic (exact) mass is 509 g/mol. The molecule has 35 heavy (non-hydrogen) atoms. The highest BCUT2D eigenvalue weighted by atomic mass is 35.5. The van der Waals surface area contributed by atoms with E-state index in [1.54, 1.807) is 43.5 Å². The number of halogens is 1. The maximum Gasteiger partial charge on any atom is 0.271 e. The third-order valence-corrected chi connectivity index (χ3v) is 6.73. The summed E-state index contributed by atoms with van der Waals surface area (Å²) in [6, 6.07) is 16.7. The number of hydrogen-bond acceptors (Lipinski definition) is 6. The normalized spacial score (nSPS) is 11.7. The molecular weight excluding hydrogens is 486 g/mol. The maximum absolute atomic E-state index is 14.0. The second kappa shape index (κ2) is 10.8. The highest BCUT2D eigenvalue weighted by Crippen LogP contribution is 2.36. The lowest BCUT2D eigenvalue weighted by atomic mass is 10.0. The number of nitrogens with zero attached hydrogens (tertiary/aromatic N) is 2. The summed E-state index contributed by atoms with van der Waals surface area (Å²) in [5.41, 5.74) is 1.70. The molecule has 0 aliphatic carbocycles. The van der Waals surface area contributed by atoms with Gasteiger partial charge in [-0.1, -0.05) is 41.9 Å². The van der Waals surface area contributed by atoms with E-state index in [-0.39, 0.29) is 18.4 Å². The van der Waals surface area contributed by atoms with E-state index < -0.39 is 6.04 Å². The number of thiazole rings is 1. The van der Waals surface area contributed by atoms with Crippen molar-refractivity contribution in [2.24, 2.45) is 0 Å². The number of carbonyl (C=O) groups excluding carboxylic acids is 2. The molecule has 0 aliphatic heterocycles. The minimum atomic E-state index is -0.982. The van der Waals surface area contributed by atoms with Gasteiger partial charge in [0.15, 0.2) is 0 Å². The van der Waals surface area contributed by atoms with Gasteiger partial charge in [-0.05, 0) is 49.7 Å². The zero-order chi connectivity index (χ0) is 24.9. The van der Waals surface area contributed by atoms with Gasteiger partial charge >= 0.3 is 0 Å². The number of benzene rings is 2. The van der Waals surface area contributed by atoms with Crippen molar-refractivity contribution in [2.75, 3.05) is 12.0 Å². The van der Waals surface area contributed by atoms with Crippen LogP contribution >= 0.6 is 22.9 Å². The predicted octanol–water partition coefficient (Wildman–Crippen LogP) is 5.72. The fraction of sp³-hybridized carbons (Fsp3) is 0.192. The van der Waals surface area contributed by atoms with Crippen LogP contribution in [0.4, 0.5) is 5.69 Å². The lowest BCUT2D eigenvalue weighted by Crippen LogP contribution is -2.44. The second-order valence-electron chi connectivity index (χ2n) is 7.75. The van der Waals surface area contributed by atoms with Crippen LogP contribution in [0, 0.1) is 13.8 Å². The molecule has 9 heteroatoms. The highest BCUT2D eigenvalue weighted by molar-refractivity contribution is 7.13. The third-order valence-electron chi connectivity index (χ3n) is 5.37. The number of furan rings is 1. The molecule has 1 atom stereocenters. The van der Waals surface area contributed by atoms with E-state index in [0.29, 0.717) is 38.4 Å². The summed E-state index contributed by atoms with van der Waals surface area (Å²) in [6.07, 6.45) is 1.54. The molecule has 2 aromatic heterocycles. The Morgan fingerprint density at radius 1 is 1.14 bits per heavy atom. The van der Waals surface area contributed by atoms with Crippen LogP contribution in [0.3, 0.4) is 0 Å². The van der Waals surface area contributed by atoms with Crippen molar-refractivity contribution in [3.05, 3.63) is 98.9 Å². The molecule has 7 nitrogen and oxygen atoms in total. The third kappa shape index (κ3) is 5.39. The fourth-order valence-corrected chi connectivity index (χ4v) is 4.87. The first kappa shape index (κ1) is 24.5. The van der Waals surface area contributed by atoms with Crippen LogP contribution in [0.15, 0.2) is 71.3 Å². The number of anilines is 1. The number of aromatic nitrogens is 1. The quantitative estimate of drug-likeness (QED) is 0.328. The van der Waals surface area contributed by atoms with E-state index in [2.05, 4.69) is 10.3 Å². The van der Waals surface area contributed by atoms with Crippen molar-refractivity contribution in [1.82, 2.24) is 10.3 Å². The zero-order valence-electron chi connectivity index (χ0n) is 19.4. The molecule has 0 unspecified atom stereocenters. The standard InChI is InChI=1S/C26H24ClN3O4S/c1-16-24(35-17(2)29-16)26(32)30(19-11-12-22(33-3)21(27)14-19)23(18-8-5-4-6-9-18)25(31)28-15-20-10-7-13-34-20/h4-14,23H,15H2,1-3H3,(H,28,31)/t23-/m0/s1. The van der Waals surface area contributed by atoms with Gasteiger partial charge in [0.1, 0.15) is 22.4 Å². The number of aryl methyl sites for hydroxylation is 2. The molecule has 0 radical (unpaired) electrons. The Balaban J connectivity index is 1.83. The Labute approximate surface area is 212 Å². The fourth-order valence-electron chi connectivity index (χ4n) is 3.76. The minimum Gasteiger partial charge on any atom is -0.495 e. The van der Waals surface area contributed by atoms with Crippen LogP contribution in [0.1, 0.15) is 37.7 Å². The van der Waals surface area contributed by atoms with Gasteiger partial charge in [0, 0.05) is 5.69 Å². The first-order valence-corrected chi connectivity index (χ1v) is 12.0. The van der Waals surface area contributed by atoms with Gasteiger partial charge in [-0.15, -0.1) is 11.3 Å². The van der Waals surface area contributed by atoms with E-state index in [1.807, 2.05) is 37.3 Å². The van der Waals surface area contributed by atoms with Crippen LogP contribution in [0.5, 0.6) is 5.75 Å². The van der Waals surface area contributed by atoms with Crippen molar-refractivity contribution in [3.8, 4) is 5.75 Å². The molecular formula is C26H24ClN3O4S. The van der Waals surface area contributed by atoms with Crippen LogP contribution in [0.2, 0.25) is 5.02 Å². The van der Waals surface area contributed by atoms with Crippen LogP contribution in [-0.4, -0.2) is 23.9 Å². The number of carbonyl (C=O) groups is 2. The first-order valence-electron chi connectivity index (χ1n) is 10.8. The molecule has 0 bridgehead atoms. The summed E-state index contributed by atoms with van der Waals surface area (Å²) >= 11 is 7.72. The van der Waals surface area contributed by atoms with Gasteiger partial charge in [-0.25, -0.2) is 4.98 Å². The van der Waals surface area contributed by atoms with E-state index >= 15 is 0 Å². The number of amides is 2. The molecule has 2 amide bonds. The van der Waals surface area contributed by atoms with Crippen molar-refractivity contribution >= 4 is 40.4 Å². The average Bonchev–Trinajstić information content (AvgIpc) is 3.50. The number of hydrogen-bond donors (Lipinski definition) is 1. The van der Waals surface area contributed by atoms with Crippen molar-refractivity contribution in [1.29, 1.82) is 0 Å². The van der Waals surface area contributed by atoms with Crippen molar-refractivity contribution in [3.63, 3.8) is 0 Å².